The third-order valence-corrected chi connectivity index (χ3v) is 11.9. The summed E-state index contributed by atoms with van der Waals surface area (Å²) in [6, 6.07) is 76.3. The summed E-state index contributed by atoms with van der Waals surface area (Å²) in [5, 5.41) is 4.29. The number of furan rings is 1. The van der Waals surface area contributed by atoms with Gasteiger partial charge in [0.25, 0.3) is 0 Å². The van der Waals surface area contributed by atoms with E-state index in [-0.39, 0.29) is 0 Å². The summed E-state index contributed by atoms with van der Waals surface area (Å²) < 4.78 is 9.33. The van der Waals surface area contributed by atoms with Crippen molar-refractivity contribution in [1.29, 1.82) is 0 Å². The summed E-state index contributed by atoms with van der Waals surface area (Å²) in [7, 11) is 0. The third-order valence-electron chi connectivity index (χ3n) is 11.9. The molecule has 0 saturated carbocycles. The lowest BCUT2D eigenvalue weighted by Crippen LogP contribution is -2.00. The van der Waals surface area contributed by atoms with Gasteiger partial charge in [0.2, 0.25) is 0 Å². The second-order valence-electron chi connectivity index (χ2n) is 15.6. The highest BCUT2D eigenvalue weighted by Gasteiger charge is 2.22. The van der Waals surface area contributed by atoms with Crippen LogP contribution in [0, 0.1) is 0 Å². The van der Waals surface area contributed by atoms with Crippen molar-refractivity contribution in [2.24, 2.45) is 0 Å². The molecule has 12 aromatic rings. The topological polar surface area (TPSA) is 56.7 Å². The zero-order valence-corrected chi connectivity index (χ0v) is 33.5. The van der Waals surface area contributed by atoms with Gasteiger partial charge >= 0.3 is 0 Å². The smallest absolute Gasteiger partial charge is 0.164 e. The van der Waals surface area contributed by atoms with E-state index in [1.807, 2.05) is 48.5 Å². The minimum absolute atomic E-state index is 0.581. The van der Waals surface area contributed by atoms with Crippen molar-refractivity contribution in [2.75, 3.05) is 0 Å². The molecule has 5 heteroatoms. The van der Waals surface area contributed by atoms with Gasteiger partial charge in [0, 0.05) is 38.2 Å². The maximum Gasteiger partial charge on any atom is 0.164 e. The standard InChI is InChI=1S/C57H36N4O/c1-5-15-37(16-6-1)40-27-29-42(30-28-40)56-58-55(41-21-11-4-12-22-41)59-57(60-56)47-24-14-26-52-53(47)46-23-13-25-50(54(46)62-52)61-49-34-32-43(38-17-7-2-8-18-38)35-48(49)45-33-31-44(36-51(45)61)39-19-9-3-10-20-39/h1-36H. The van der Waals surface area contributed by atoms with Gasteiger partial charge < -0.3 is 8.98 Å². The predicted octanol–water partition coefficient (Wildman–Crippen LogP) is 14.9. The molecule has 0 aliphatic rings. The molecular weight excluding hydrogens is 757 g/mol. The van der Waals surface area contributed by atoms with Crippen molar-refractivity contribution in [2.45, 2.75) is 0 Å². The number of fused-ring (bicyclic) bond motifs is 6. The van der Waals surface area contributed by atoms with Gasteiger partial charge in [0.05, 0.1) is 16.7 Å². The van der Waals surface area contributed by atoms with Crippen LogP contribution in [0.1, 0.15) is 0 Å². The van der Waals surface area contributed by atoms with E-state index in [1.165, 1.54) is 27.5 Å². The van der Waals surface area contributed by atoms with Crippen molar-refractivity contribution in [3.8, 4) is 73.2 Å². The number of hydrogen-bond acceptors (Lipinski definition) is 4. The second kappa shape index (κ2) is 14.7. The zero-order chi connectivity index (χ0) is 41.0. The summed E-state index contributed by atoms with van der Waals surface area (Å²) in [6.45, 7) is 0. The summed E-state index contributed by atoms with van der Waals surface area (Å²) in [6.07, 6.45) is 0. The molecule has 0 spiro atoms. The molecular formula is C57H36N4O. The van der Waals surface area contributed by atoms with Gasteiger partial charge in [0.1, 0.15) is 5.58 Å². The lowest BCUT2D eigenvalue weighted by Gasteiger charge is -2.11. The number of rotatable bonds is 7. The lowest BCUT2D eigenvalue weighted by molar-refractivity contribution is 0.666. The minimum Gasteiger partial charge on any atom is -0.454 e. The van der Waals surface area contributed by atoms with E-state index in [1.54, 1.807) is 0 Å². The Kier molecular flexibility index (Phi) is 8.42. The first-order valence-electron chi connectivity index (χ1n) is 20.8. The summed E-state index contributed by atoms with van der Waals surface area (Å²) >= 11 is 0. The fourth-order valence-electron chi connectivity index (χ4n) is 8.88. The van der Waals surface area contributed by atoms with Crippen LogP contribution in [0.15, 0.2) is 223 Å². The van der Waals surface area contributed by atoms with Crippen LogP contribution in [0.5, 0.6) is 0 Å². The van der Waals surface area contributed by atoms with Crippen LogP contribution in [0.2, 0.25) is 0 Å². The van der Waals surface area contributed by atoms with Gasteiger partial charge in [-0.05, 0) is 63.7 Å². The Labute approximate surface area is 357 Å². The molecule has 9 aromatic carbocycles. The first-order valence-corrected chi connectivity index (χ1v) is 20.8. The third kappa shape index (κ3) is 6.06. The Morgan fingerprint density at radius 1 is 0.323 bits per heavy atom. The number of para-hydroxylation sites is 1. The van der Waals surface area contributed by atoms with Crippen LogP contribution in [0.3, 0.4) is 0 Å². The van der Waals surface area contributed by atoms with Crippen molar-refractivity contribution in [3.63, 3.8) is 0 Å². The summed E-state index contributed by atoms with van der Waals surface area (Å²) in [5.41, 5.74) is 14.4. The Morgan fingerprint density at radius 3 is 1.48 bits per heavy atom. The monoisotopic (exact) mass is 792 g/mol. The molecule has 0 unspecified atom stereocenters. The Morgan fingerprint density at radius 2 is 0.823 bits per heavy atom. The van der Waals surface area contributed by atoms with Gasteiger partial charge in [-0.1, -0.05) is 188 Å². The van der Waals surface area contributed by atoms with Crippen LogP contribution in [0.25, 0.3) is 117 Å². The van der Waals surface area contributed by atoms with Gasteiger partial charge in [-0.15, -0.1) is 0 Å². The number of aromatic nitrogens is 4. The molecule has 0 atom stereocenters. The quantitative estimate of drug-likeness (QED) is 0.161. The van der Waals surface area contributed by atoms with Crippen molar-refractivity contribution in [3.05, 3.63) is 218 Å². The zero-order valence-electron chi connectivity index (χ0n) is 33.5. The highest BCUT2D eigenvalue weighted by molar-refractivity contribution is 6.16. The lowest BCUT2D eigenvalue weighted by atomic mass is 10.0. The Balaban J connectivity index is 1.06. The second-order valence-corrected chi connectivity index (χ2v) is 15.6. The maximum absolute atomic E-state index is 6.97. The van der Waals surface area contributed by atoms with Crippen molar-refractivity contribution < 1.29 is 4.42 Å². The van der Waals surface area contributed by atoms with E-state index in [9.17, 15) is 0 Å². The fourth-order valence-corrected chi connectivity index (χ4v) is 8.88. The number of benzene rings is 9. The van der Waals surface area contributed by atoms with Crippen LogP contribution in [-0.2, 0) is 0 Å². The highest BCUT2D eigenvalue weighted by Crippen LogP contribution is 2.43. The average molecular weight is 793 g/mol. The first kappa shape index (κ1) is 35.5. The summed E-state index contributed by atoms with van der Waals surface area (Å²) in [4.78, 5) is 15.4. The highest BCUT2D eigenvalue weighted by atomic mass is 16.3. The first-order chi connectivity index (χ1) is 30.7. The molecule has 12 rings (SSSR count). The largest absolute Gasteiger partial charge is 0.454 e. The minimum atomic E-state index is 0.581. The van der Waals surface area contributed by atoms with E-state index in [4.69, 9.17) is 19.4 Å². The molecule has 0 amide bonds. The summed E-state index contributed by atoms with van der Waals surface area (Å²) in [5.74, 6) is 1.79. The molecule has 5 nitrogen and oxygen atoms in total. The van der Waals surface area contributed by atoms with E-state index in [2.05, 4.69) is 174 Å². The molecule has 62 heavy (non-hydrogen) atoms. The number of hydrogen-bond donors (Lipinski definition) is 0. The van der Waals surface area contributed by atoms with Crippen LogP contribution in [-0.4, -0.2) is 19.5 Å². The van der Waals surface area contributed by atoms with E-state index < -0.39 is 0 Å². The molecule has 0 N–H and O–H groups in total. The molecule has 0 bridgehead atoms. The Bertz CT molecular complexity index is 3600. The fraction of sp³-hybridized carbons (Fsp3) is 0. The van der Waals surface area contributed by atoms with Crippen molar-refractivity contribution in [1.82, 2.24) is 19.5 Å². The van der Waals surface area contributed by atoms with Gasteiger partial charge in [-0.3, -0.25) is 0 Å². The van der Waals surface area contributed by atoms with Gasteiger partial charge in [-0.2, -0.15) is 0 Å². The van der Waals surface area contributed by atoms with Crippen LogP contribution in [0.4, 0.5) is 0 Å². The number of nitrogens with zero attached hydrogens (tertiary/aromatic N) is 4. The molecule has 0 saturated heterocycles. The Hall–Kier alpha value is -8.41. The van der Waals surface area contributed by atoms with E-state index >= 15 is 0 Å². The molecule has 0 aliphatic heterocycles. The maximum atomic E-state index is 6.97. The molecule has 0 radical (unpaired) electrons. The molecule has 3 aromatic heterocycles. The molecule has 290 valence electrons. The average Bonchev–Trinajstić information content (AvgIpc) is 3.90. The van der Waals surface area contributed by atoms with E-state index in [0.717, 1.165) is 72.0 Å². The molecule has 3 heterocycles. The molecule has 0 fully saturated rings. The normalized spacial score (nSPS) is 11.5. The predicted molar refractivity (Wildman–Crippen MR) is 254 cm³/mol. The SMILES string of the molecule is c1ccc(-c2ccc(-c3nc(-c4ccccc4)nc(-c4cccc5oc6c(-n7c8ccc(-c9ccccc9)cc8c8ccc(-c9ccccc9)cc87)cccc6c45)n3)cc2)cc1. The van der Waals surface area contributed by atoms with Gasteiger partial charge in [-0.25, -0.2) is 15.0 Å². The van der Waals surface area contributed by atoms with Crippen LogP contribution < -0.4 is 0 Å². The van der Waals surface area contributed by atoms with Crippen LogP contribution >= 0.6 is 0 Å². The molecule has 0 aliphatic carbocycles. The van der Waals surface area contributed by atoms with E-state index in [0.29, 0.717) is 17.5 Å². The van der Waals surface area contributed by atoms with Crippen molar-refractivity contribution >= 4 is 43.7 Å². The van der Waals surface area contributed by atoms with Gasteiger partial charge in [0.15, 0.2) is 23.1 Å².